The Morgan fingerprint density at radius 1 is 0.957 bits per heavy atom. The Bertz CT molecular complexity index is 715. The van der Waals surface area contributed by atoms with Gasteiger partial charge >= 0.3 is 0 Å². The number of rotatable bonds is 2. The first-order chi connectivity index (χ1) is 11.3. The number of hydrogen-bond acceptors (Lipinski definition) is 5. The maximum Gasteiger partial charge on any atom is 0.128 e. The quantitative estimate of drug-likeness (QED) is 0.850. The molecule has 0 aromatic carbocycles. The second-order valence-electron chi connectivity index (χ2n) is 6.24. The highest BCUT2D eigenvalue weighted by atomic mass is 15.3. The van der Waals surface area contributed by atoms with Gasteiger partial charge in [0.25, 0.3) is 0 Å². The highest BCUT2D eigenvalue weighted by Crippen LogP contribution is 2.23. The Balaban J connectivity index is 1.55. The maximum atomic E-state index is 4.66. The van der Waals surface area contributed by atoms with Crippen LogP contribution in [0.2, 0.25) is 0 Å². The number of aliphatic imine (C=N–C) groups is 1. The molecule has 1 saturated heterocycles. The monoisotopic (exact) mass is 307 g/mol. The minimum Gasteiger partial charge on any atom is -0.354 e. The van der Waals surface area contributed by atoms with Gasteiger partial charge in [0.15, 0.2) is 0 Å². The molecule has 0 amide bonds. The number of anilines is 1. The van der Waals surface area contributed by atoms with Crippen LogP contribution in [0.1, 0.15) is 11.3 Å². The molecule has 0 radical (unpaired) electrons. The number of piperazine rings is 1. The molecule has 2 aromatic heterocycles. The molecule has 2 aliphatic heterocycles. The summed E-state index contributed by atoms with van der Waals surface area (Å²) >= 11 is 0. The molecule has 0 spiro atoms. The van der Waals surface area contributed by atoms with E-state index < -0.39 is 0 Å². The lowest BCUT2D eigenvalue weighted by molar-refractivity contribution is 0.312. The minimum atomic E-state index is 0.848. The van der Waals surface area contributed by atoms with Gasteiger partial charge in [0, 0.05) is 74.4 Å². The fourth-order valence-electron chi connectivity index (χ4n) is 3.10. The Labute approximate surface area is 136 Å². The van der Waals surface area contributed by atoms with E-state index >= 15 is 0 Å². The predicted molar refractivity (Wildman–Crippen MR) is 93.3 cm³/mol. The van der Waals surface area contributed by atoms with Gasteiger partial charge in [-0.1, -0.05) is 0 Å². The average Bonchev–Trinajstić information content (AvgIpc) is 2.62. The van der Waals surface area contributed by atoms with Crippen LogP contribution in [-0.2, 0) is 6.42 Å². The van der Waals surface area contributed by atoms with E-state index in [0.29, 0.717) is 0 Å². The van der Waals surface area contributed by atoms with E-state index in [1.807, 2.05) is 18.6 Å². The summed E-state index contributed by atoms with van der Waals surface area (Å²) < 4.78 is 0. The third kappa shape index (κ3) is 2.97. The number of fused-ring (bicyclic) bond motifs is 1. The van der Waals surface area contributed by atoms with Crippen molar-refractivity contribution in [2.75, 3.05) is 44.7 Å². The summed E-state index contributed by atoms with van der Waals surface area (Å²) in [4.78, 5) is 18.3. The molecule has 2 aliphatic rings. The molecular formula is C18H21N5. The van der Waals surface area contributed by atoms with Crippen molar-refractivity contribution in [2.24, 2.45) is 4.99 Å². The van der Waals surface area contributed by atoms with Gasteiger partial charge in [0.05, 0.1) is 5.69 Å². The molecule has 1 fully saturated rings. The third-order valence-electron chi connectivity index (χ3n) is 4.62. The van der Waals surface area contributed by atoms with Crippen molar-refractivity contribution < 1.29 is 0 Å². The van der Waals surface area contributed by atoms with Gasteiger partial charge in [-0.25, -0.2) is 4.98 Å². The molecule has 5 nitrogen and oxygen atoms in total. The number of pyridine rings is 2. The Morgan fingerprint density at radius 2 is 1.78 bits per heavy atom. The van der Waals surface area contributed by atoms with E-state index in [4.69, 9.17) is 0 Å². The Kier molecular flexibility index (Phi) is 3.79. The molecule has 0 unspecified atom stereocenters. The molecule has 118 valence electrons. The van der Waals surface area contributed by atoms with Crippen molar-refractivity contribution in [3.8, 4) is 11.1 Å². The van der Waals surface area contributed by atoms with Crippen LogP contribution < -0.4 is 4.90 Å². The van der Waals surface area contributed by atoms with Gasteiger partial charge in [-0.3, -0.25) is 9.98 Å². The Hall–Kier alpha value is -2.27. The summed E-state index contributed by atoms with van der Waals surface area (Å²) in [5.74, 6) is 1.06. The molecule has 0 N–H and O–H groups in total. The molecule has 0 bridgehead atoms. The number of nitrogens with zero attached hydrogens (tertiary/aromatic N) is 5. The van der Waals surface area contributed by atoms with Gasteiger partial charge in [-0.15, -0.1) is 0 Å². The second-order valence-corrected chi connectivity index (χ2v) is 6.24. The topological polar surface area (TPSA) is 44.6 Å². The van der Waals surface area contributed by atoms with Gasteiger partial charge < -0.3 is 9.80 Å². The summed E-state index contributed by atoms with van der Waals surface area (Å²) in [6.07, 6.45) is 6.77. The molecule has 4 rings (SSSR count). The van der Waals surface area contributed by atoms with Crippen LogP contribution in [-0.4, -0.2) is 60.9 Å². The van der Waals surface area contributed by atoms with Gasteiger partial charge in [-0.05, 0) is 25.2 Å². The molecule has 0 aliphatic carbocycles. The lowest BCUT2D eigenvalue weighted by Crippen LogP contribution is -2.44. The molecule has 23 heavy (non-hydrogen) atoms. The first kappa shape index (κ1) is 14.3. The summed E-state index contributed by atoms with van der Waals surface area (Å²) in [7, 11) is 2.17. The summed E-state index contributed by atoms with van der Waals surface area (Å²) in [6, 6.07) is 6.43. The fraction of sp³-hybridized carbons (Fsp3) is 0.389. The van der Waals surface area contributed by atoms with Crippen molar-refractivity contribution in [1.82, 2.24) is 14.9 Å². The highest BCUT2D eigenvalue weighted by molar-refractivity contribution is 5.84. The largest absolute Gasteiger partial charge is 0.354 e. The van der Waals surface area contributed by atoms with E-state index in [2.05, 4.69) is 50.0 Å². The highest BCUT2D eigenvalue weighted by Gasteiger charge is 2.15. The molecular weight excluding hydrogens is 286 g/mol. The predicted octanol–water partition coefficient (Wildman–Crippen LogP) is 1.87. The van der Waals surface area contributed by atoms with E-state index in [-0.39, 0.29) is 0 Å². The first-order valence-corrected chi connectivity index (χ1v) is 8.18. The van der Waals surface area contributed by atoms with Crippen molar-refractivity contribution in [2.45, 2.75) is 6.42 Å². The van der Waals surface area contributed by atoms with Crippen LogP contribution in [0.15, 0.2) is 35.6 Å². The van der Waals surface area contributed by atoms with Gasteiger partial charge in [0.2, 0.25) is 0 Å². The number of hydrogen-bond donors (Lipinski definition) is 0. The zero-order chi connectivity index (χ0) is 15.6. The van der Waals surface area contributed by atoms with Crippen LogP contribution in [0.3, 0.4) is 0 Å². The molecule has 0 atom stereocenters. The standard InChI is InChI=1S/C18H21N5/c1-22-6-8-23(9-7-22)18-3-2-14(12-21-18)15-10-16-11-19-5-4-17(16)20-13-15/h2-3,10-13H,4-9H2,1H3. The van der Waals surface area contributed by atoms with Crippen LogP contribution >= 0.6 is 0 Å². The van der Waals surface area contributed by atoms with Crippen LogP contribution in [0.4, 0.5) is 5.82 Å². The zero-order valence-electron chi connectivity index (χ0n) is 13.4. The van der Waals surface area contributed by atoms with Crippen molar-refractivity contribution >= 4 is 12.0 Å². The molecule has 2 aromatic rings. The Morgan fingerprint density at radius 3 is 2.57 bits per heavy atom. The lowest BCUT2D eigenvalue weighted by atomic mass is 10.0. The number of likely N-dealkylation sites (N-methyl/N-ethyl adjacent to an activating group) is 1. The van der Waals surface area contributed by atoms with Gasteiger partial charge in [0.1, 0.15) is 5.82 Å². The SMILES string of the molecule is CN1CCN(c2ccc(-c3cnc4c(c3)C=NCC4)cn2)CC1. The zero-order valence-corrected chi connectivity index (χ0v) is 13.4. The van der Waals surface area contributed by atoms with Gasteiger partial charge in [-0.2, -0.15) is 0 Å². The summed E-state index contributed by atoms with van der Waals surface area (Å²) in [5.41, 5.74) is 4.49. The molecule has 0 saturated carbocycles. The van der Waals surface area contributed by atoms with E-state index in [9.17, 15) is 0 Å². The van der Waals surface area contributed by atoms with Crippen LogP contribution in [0.5, 0.6) is 0 Å². The third-order valence-corrected chi connectivity index (χ3v) is 4.62. The van der Waals surface area contributed by atoms with Crippen molar-refractivity contribution in [3.05, 3.63) is 41.9 Å². The fourth-order valence-corrected chi connectivity index (χ4v) is 3.10. The first-order valence-electron chi connectivity index (χ1n) is 8.18. The normalized spacial score (nSPS) is 18.0. The van der Waals surface area contributed by atoms with Crippen LogP contribution in [0, 0.1) is 0 Å². The lowest BCUT2D eigenvalue weighted by Gasteiger charge is -2.33. The van der Waals surface area contributed by atoms with E-state index in [1.54, 1.807) is 0 Å². The van der Waals surface area contributed by atoms with Crippen molar-refractivity contribution in [1.29, 1.82) is 0 Å². The second kappa shape index (κ2) is 6.08. The van der Waals surface area contributed by atoms with E-state index in [1.165, 1.54) is 0 Å². The minimum absolute atomic E-state index is 0.848. The van der Waals surface area contributed by atoms with Crippen molar-refractivity contribution in [3.63, 3.8) is 0 Å². The molecule has 4 heterocycles. The maximum absolute atomic E-state index is 4.66. The average molecular weight is 307 g/mol. The molecule has 5 heteroatoms. The smallest absolute Gasteiger partial charge is 0.128 e. The summed E-state index contributed by atoms with van der Waals surface area (Å²) in [5, 5.41) is 0. The van der Waals surface area contributed by atoms with E-state index in [0.717, 1.165) is 67.3 Å². The van der Waals surface area contributed by atoms with Crippen LogP contribution in [0.25, 0.3) is 11.1 Å². The number of aromatic nitrogens is 2. The summed E-state index contributed by atoms with van der Waals surface area (Å²) in [6.45, 7) is 5.12.